The van der Waals surface area contributed by atoms with Crippen molar-refractivity contribution in [3.05, 3.63) is 89.1 Å². The van der Waals surface area contributed by atoms with Gasteiger partial charge in [-0.05, 0) is 42.5 Å². The standard InChI is InChI=1S/C23H18ClN3O6S/c1-32-19-9-5-3-7-17(19)27-34(30,31)21-13-15(10-11-16(21)24)22(28)25-26-23(29)20-12-14-6-2-4-8-18(14)33-20/h2-13,27H,1H3,(H,25,28)(H,26,29). The molecule has 34 heavy (non-hydrogen) atoms. The van der Waals surface area contributed by atoms with E-state index in [0.29, 0.717) is 11.3 Å². The number of hydrogen-bond donors (Lipinski definition) is 3. The average Bonchev–Trinajstić information content (AvgIpc) is 3.27. The van der Waals surface area contributed by atoms with Crippen LogP contribution in [0.15, 0.2) is 82.1 Å². The molecular weight excluding hydrogens is 482 g/mol. The Morgan fingerprint density at radius 3 is 2.38 bits per heavy atom. The molecule has 9 nitrogen and oxygen atoms in total. The summed E-state index contributed by atoms with van der Waals surface area (Å²) in [5.74, 6) is -1.12. The molecule has 0 aliphatic carbocycles. The monoisotopic (exact) mass is 499 g/mol. The highest BCUT2D eigenvalue weighted by molar-refractivity contribution is 7.92. The van der Waals surface area contributed by atoms with Gasteiger partial charge >= 0.3 is 5.91 Å². The molecule has 4 aromatic rings. The molecule has 0 radical (unpaired) electrons. The van der Waals surface area contributed by atoms with E-state index in [0.717, 1.165) is 11.5 Å². The number of rotatable bonds is 6. The molecule has 3 aromatic carbocycles. The van der Waals surface area contributed by atoms with Gasteiger partial charge in [0.2, 0.25) is 0 Å². The molecule has 3 N–H and O–H groups in total. The first-order valence-corrected chi connectivity index (χ1v) is 11.7. The van der Waals surface area contributed by atoms with Crippen LogP contribution in [-0.4, -0.2) is 27.3 Å². The van der Waals surface area contributed by atoms with Crippen molar-refractivity contribution in [2.45, 2.75) is 4.90 Å². The van der Waals surface area contributed by atoms with E-state index in [-0.39, 0.29) is 26.9 Å². The summed E-state index contributed by atoms with van der Waals surface area (Å²) in [6.07, 6.45) is 0. The molecule has 0 saturated carbocycles. The van der Waals surface area contributed by atoms with Gasteiger partial charge in [0.15, 0.2) is 5.76 Å². The lowest BCUT2D eigenvalue weighted by Gasteiger charge is -2.13. The summed E-state index contributed by atoms with van der Waals surface area (Å²) in [5, 5.41) is 0.638. The van der Waals surface area contributed by atoms with E-state index < -0.39 is 21.8 Å². The molecule has 0 unspecified atom stereocenters. The van der Waals surface area contributed by atoms with Crippen LogP contribution in [0.2, 0.25) is 5.02 Å². The number of halogens is 1. The van der Waals surface area contributed by atoms with Gasteiger partial charge in [0, 0.05) is 10.9 Å². The smallest absolute Gasteiger partial charge is 0.305 e. The first kappa shape index (κ1) is 23.1. The number of sulfonamides is 1. The van der Waals surface area contributed by atoms with Gasteiger partial charge in [0.25, 0.3) is 15.9 Å². The Morgan fingerprint density at radius 1 is 0.912 bits per heavy atom. The van der Waals surface area contributed by atoms with Crippen LogP contribution in [0, 0.1) is 0 Å². The molecule has 11 heteroatoms. The largest absolute Gasteiger partial charge is 0.495 e. The van der Waals surface area contributed by atoms with Crippen LogP contribution in [0.1, 0.15) is 20.9 Å². The maximum absolute atomic E-state index is 12.9. The number of ether oxygens (including phenoxy) is 1. The third-order valence-corrected chi connectivity index (χ3v) is 6.62. The van der Waals surface area contributed by atoms with E-state index in [1.165, 1.54) is 31.4 Å². The van der Waals surface area contributed by atoms with Crippen LogP contribution in [0.25, 0.3) is 11.0 Å². The van der Waals surface area contributed by atoms with Crippen LogP contribution in [0.5, 0.6) is 5.75 Å². The van der Waals surface area contributed by atoms with Crippen molar-refractivity contribution >= 4 is 50.1 Å². The van der Waals surface area contributed by atoms with Gasteiger partial charge in [-0.3, -0.25) is 25.2 Å². The highest BCUT2D eigenvalue weighted by Gasteiger charge is 2.22. The third-order valence-electron chi connectivity index (χ3n) is 4.77. The van der Waals surface area contributed by atoms with Gasteiger partial charge in [-0.2, -0.15) is 0 Å². The van der Waals surface area contributed by atoms with Crippen molar-refractivity contribution < 1.29 is 27.2 Å². The van der Waals surface area contributed by atoms with Crippen LogP contribution in [0.3, 0.4) is 0 Å². The van der Waals surface area contributed by atoms with Gasteiger partial charge in [-0.15, -0.1) is 0 Å². The minimum Gasteiger partial charge on any atom is -0.495 e. The van der Waals surface area contributed by atoms with Crippen LogP contribution >= 0.6 is 11.6 Å². The summed E-state index contributed by atoms with van der Waals surface area (Å²) in [6, 6.07) is 18.7. The Bertz CT molecular complexity index is 1470. The maximum atomic E-state index is 12.9. The molecule has 0 spiro atoms. The predicted molar refractivity (Wildman–Crippen MR) is 126 cm³/mol. The van der Waals surface area contributed by atoms with Crippen molar-refractivity contribution in [1.82, 2.24) is 10.9 Å². The summed E-state index contributed by atoms with van der Waals surface area (Å²) in [7, 11) is -2.76. The summed E-state index contributed by atoms with van der Waals surface area (Å²) in [4.78, 5) is 24.6. The normalized spacial score (nSPS) is 11.1. The van der Waals surface area contributed by atoms with E-state index in [4.69, 9.17) is 20.8 Å². The SMILES string of the molecule is COc1ccccc1NS(=O)(=O)c1cc(C(=O)NNC(=O)c2cc3ccccc3o2)ccc1Cl. The van der Waals surface area contributed by atoms with Gasteiger partial charge in [0.05, 0.1) is 17.8 Å². The fourth-order valence-corrected chi connectivity index (χ4v) is 4.72. The fourth-order valence-electron chi connectivity index (χ4n) is 3.12. The zero-order valence-corrected chi connectivity index (χ0v) is 19.2. The van der Waals surface area contributed by atoms with E-state index in [9.17, 15) is 18.0 Å². The number of carbonyl (C=O) groups excluding carboxylic acids is 2. The number of furan rings is 1. The average molecular weight is 500 g/mol. The number of hydrogen-bond acceptors (Lipinski definition) is 6. The lowest BCUT2D eigenvalue weighted by atomic mass is 10.2. The summed E-state index contributed by atoms with van der Waals surface area (Å²) >= 11 is 6.11. The second-order valence-electron chi connectivity index (χ2n) is 7.01. The topological polar surface area (TPSA) is 127 Å². The molecule has 0 saturated heterocycles. The van der Waals surface area contributed by atoms with Crippen molar-refractivity contribution in [1.29, 1.82) is 0 Å². The summed E-state index contributed by atoms with van der Waals surface area (Å²) in [6.45, 7) is 0. The Hall–Kier alpha value is -4.02. The highest BCUT2D eigenvalue weighted by Crippen LogP contribution is 2.29. The van der Waals surface area contributed by atoms with Crippen LogP contribution in [0.4, 0.5) is 5.69 Å². The number of para-hydroxylation sites is 3. The molecule has 1 heterocycles. The van der Waals surface area contributed by atoms with Crippen molar-refractivity contribution in [3.63, 3.8) is 0 Å². The molecule has 174 valence electrons. The first-order chi connectivity index (χ1) is 16.3. The molecule has 2 amide bonds. The van der Waals surface area contributed by atoms with Crippen LogP contribution < -0.4 is 20.3 Å². The Balaban J connectivity index is 1.50. The molecule has 0 atom stereocenters. The molecule has 4 rings (SSSR count). The number of nitrogens with one attached hydrogen (secondary N) is 3. The highest BCUT2D eigenvalue weighted by atomic mass is 35.5. The van der Waals surface area contributed by atoms with Crippen molar-refractivity contribution in [2.75, 3.05) is 11.8 Å². The second-order valence-corrected chi connectivity index (χ2v) is 9.07. The quantitative estimate of drug-likeness (QED) is 0.344. The molecule has 0 aliphatic rings. The lowest BCUT2D eigenvalue weighted by molar-refractivity contribution is 0.0832. The molecule has 1 aromatic heterocycles. The van der Waals surface area contributed by atoms with E-state index in [2.05, 4.69) is 15.6 Å². The molecule has 0 fully saturated rings. The summed E-state index contributed by atoms with van der Waals surface area (Å²) < 4.78 is 38.9. The number of fused-ring (bicyclic) bond motifs is 1. The predicted octanol–water partition coefficient (Wildman–Crippen LogP) is 3.97. The van der Waals surface area contributed by atoms with E-state index in [1.807, 2.05) is 0 Å². The number of methoxy groups -OCH3 is 1. The van der Waals surface area contributed by atoms with Gasteiger partial charge < -0.3 is 9.15 Å². The third kappa shape index (κ3) is 4.82. The van der Waals surface area contributed by atoms with Gasteiger partial charge in [-0.25, -0.2) is 8.42 Å². The number of carbonyl (C=O) groups is 2. The van der Waals surface area contributed by atoms with Crippen molar-refractivity contribution in [2.24, 2.45) is 0 Å². The molecular formula is C23H18ClN3O6S. The Morgan fingerprint density at radius 2 is 1.62 bits per heavy atom. The Kier molecular flexibility index (Phi) is 6.44. The second kappa shape index (κ2) is 9.46. The van der Waals surface area contributed by atoms with Crippen molar-refractivity contribution in [3.8, 4) is 5.75 Å². The minimum atomic E-state index is -4.17. The van der Waals surface area contributed by atoms with Gasteiger partial charge in [-0.1, -0.05) is 41.9 Å². The fraction of sp³-hybridized carbons (Fsp3) is 0.0435. The number of anilines is 1. The van der Waals surface area contributed by atoms with Crippen LogP contribution in [-0.2, 0) is 10.0 Å². The first-order valence-electron chi connectivity index (χ1n) is 9.83. The zero-order chi connectivity index (χ0) is 24.3. The lowest BCUT2D eigenvalue weighted by Crippen LogP contribution is -2.41. The summed E-state index contributed by atoms with van der Waals surface area (Å²) in [5.41, 5.74) is 5.15. The zero-order valence-electron chi connectivity index (χ0n) is 17.7. The number of amides is 2. The Labute approximate surface area is 199 Å². The molecule has 0 aliphatic heterocycles. The number of benzene rings is 3. The van der Waals surface area contributed by atoms with Gasteiger partial charge in [0.1, 0.15) is 16.2 Å². The van der Waals surface area contributed by atoms with E-state index in [1.54, 1.807) is 42.5 Å². The minimum absolute atomic E-state index is 0.00174. The molecule has 0 bridgehead atoms. The maximum Gasteiger partial charge on any atom is 0.305 e. The number of hydrazine groups is 1. The van der Waals surface area contributed by atoms with E-state index >= 15 is 0 Å².